The van der Waals surface area contributed by atoms with Crippen molar-refractivity contribution in [3.05, 3.63) is 78.4 Å². The molecule has 26 heavy (non-hydrogen) atoms. The summed E-state index contributed by atoms with van der Waals surface area (Å²) < 4.78 is 2.22. The van der Waals surface area contributed by atoms with E-state index in [0.29, 0.717) is 0 Å². The molecule has 0 saturated carbocycles. The maximum atomic E-state index is 4.45. The third kappa shape index (κ3) is 2.65. The lowest BCUT2D eigenvalue weighted by molar-refractivity contribution is 0.704. The maximum absolute atomic E-state index is 4.45. The molecule has 4 aromatic rings. The largest absolute Gasteiger partial charge is 0.309 e. The summed E-state index contributed by atoms with van der Waals surface area (Å²) in [5.74, 6) is 1.83. The third-order valence-electron chi connectivity index (χ3n) is 4.79. The monoisotopic (exact) mass is 358 g/mol. The standard InChI is InChI=1S/C21H18N4S/c1-2-10-18(11-3-1)24-13-14-25-20(24)22-23-21(25)26-15-17-9-6-8-16-7-4-5-12-19(16)17/h1-12H,13-15H2. The van der Waals surface area contributed by atoms with Crippen LogP contribution in [0.1, 0.15) is 5.56 Å². The number of hydrogen-bond donors (Lipinski definition) is 0. The highest BCUT2D eigenvalue weighted by molar-refractivity contribution is 7.98. The second kappa shape index (κ2) is 6.50. The van der Waals surface area contributed by atoms with Gasteiger partial charge in [0.1, 0.15) is 0 Å². The van der Waals surface area contributed by atoms with Crippen molar-refractivity contribution in [2.75, 3.05) is 11.4 Å². The first-order valence-corrected chi connectivity index (χ1v) is 9.74. The molecule has 1 aliphatic heterocycles. The van der Waals surface area contributed by atoms with Crippen molar-refractivity contribution in [1.29, 1.82) is 0 Å². The smallest absolute Gasteiger partial charge is 0.232 e. The van der Waals surface area contributed by atoms with Crippen LogP contribution in [-0.2, 0) is 12.3 Å². The van der Waals surface area contributed by atoms with Gasteiger partial charge in [0.25, 0.3) is 0 Å². The van der Waals surface area contributed by atoms with Crippen molar-refractivity contribution in [2.24, 2.45) is 0 Å². The van der Waals surface area contributed by atoms with Crippen LogP contribution in [0.25, 0.3) is 10.8 Å². The molecule has 4 nitrogen and oxygen atoms in total. The molecule has 0 amide bonds. The molecule has 0 saturated heterocycles. The lowest BCUT2D eigenvalue weighted by Gasteiger charge is -2.14. The van der Waals surface area contributed by atoms with Crippen molar-refractivity contribution in [2.45, 2.75) is 17.5 Å². The summed E-state index contributed by atoms with van der Waals surface area (Å²) in [7, 11) is 0. The fourth-order valence-electron chi connectivity index (χ4n) is 3.50. The van der Waals surface area contributed by atoms with E-state index in [-0.39, 0.29) is 0 Å². The zero-order chi connectivity index (χ0) is 17.3. The van der Waals surface area contributed by atoms with Crippen LogP contribution >= 0.6 is 11.8 Å². The molecular formula is C21H18N4S. The van der Waals surface area contributed by atoms with Crippen molar-refractivity contribution in [3.63, 3.8) is 0 Å². The van der Waals surface area contributed by atoms with Gasteiger partial charge < -0.3 is 4.90 Å². The van der Waals surface area contributed by atoms with Gasteiger partial charge in [0, 0.05) is 24.5 Å². The molecule has 0 radical (unpaired) electrons. The first-order valence-electron chi connectivity index (χ1n) is 8.75. The van der Waals surface area contributed by atoms with Gasteiger partial charge in [-0.2, -0.15) is 0 Å². The van der Waals surface area contributed by atoms with Crippen LogP contribution in [-0.4, -0.2) is 21.3 Å². The second-order valence-corrected chi connectivity index (χ2v) is 7.29. The van der Waals surface area contributed by atoms with Gasteiger partial charge in [0.15, 0.2) is 5.16 Å². The highest BCUT2D eigenvalue weighted by Crippen LogP contribution is 2.33. The van der Waals surface area contributed by atoms with Crippen LogP contribution in [0, 0.1) is 0 Å². The molecule has 0 spiro atoms. The Morgan fingerprint density at radius 1 is 0.808 bits per heavy atom. The van der Waals surface area contributed by atoms with Crippen molar-refractivity contribution in [3.8, 4) is 0 Å². The van der Waals surface area contributed by atoms with Crippen LogP contribution in [0.5, 0.6) is 0 Å². The fourth-order valence-corrected chi connectivity index (χ4v) is 4.46. The van der Waals surface area contributed by atoms with Gasteiger partial charge in [-0.3, -0.25) is 4.57 Å². The summed E-state index contributed by atoms with van der Waals surface area (Å²) in [4.78, 5) is 2.23. The SMILES string of the molecule is c1ccc(N2CCn3c(SCc4cccc5ccccc45)nnc32)cc1. The minimum atomic E-state index is 0.894. The number of benzene rings is 3. The molecule has 0 atom stereocenters. The van der Waals surface area contributed by atoms with E-state index >= 15 is 0 Å². The molecule has 0 fully saturated rings. The first-order chi connectivity index (χ1) is 12.9. The first kappa shape index (κ1) is 15.5. The van der Waals surface area contributed by atoms with Crippen molar-refractivity contribution in [1.82, 2.24) is 14.8 Å². The van der Waals surface area contributed by atoms with Gasteiger partial charge in [-0.25, -0.2) is 0 Å². The number of hydrogen-bond acceptors (Lipinski definition) is 4. The molecule has 1 aliphatic rings. The molecule has 3 aromatic carbocycles. The van der Waals surface area contributed by atoms with E-state index in [4.69, 9.17) is 0 Å². The molecule has 1 aromatic heterocycles. The number of thioether (sulfide) groups is 1. The average Bonchev–Trinajstić information content (AvgIpc) is 3.29. The van der Waals surface area contributed by atoms with E-state index in [1.54, 1.807) is 11.8 Å². The van der Waals surface area contributed by atoms with E-state index in [9.17, 15) is 0 Å². The molecule has 128 valence electrons. The Hall–Kier alpha value is -2.79. The van der Waals surface area contributed by atoms with Gasteiger partial charge >= 0.3 is 0 Å². The number of rotatable bonds is 4. The number of fused-ring (bicyclic) bond motifs is 2. The van der Waals surface area contributed by atoms with Crippen molar-refractivity contribution >= 4 is 34.2 Å². The van der Waals surface area contributed by atoms with Crippen LogP contribution < -0.4 is 4.90 Å². The lowest BCUT2D eigenvalue weighted by Crippen LogP contribution is -2.13. The van der Waals surface area contributed by atoms with Crippen LogP contribution in [0.2, 0.25) is 0 Å². The summed E-state index contributed by atoms with van der Waals surface area (Å²) in [6, 6.07) is 25.4. The van der Waals surface area contributed by atoms with Crippen LogP contribution in [0.4, 0.5) is 11.6 Å². The molecule has 2 heterocycles. The summed E-state index contributed by atoms with van der Waals surface area (Å²) in [6.07, 6.45) is 0. The van der Waals surface area contributed by atoms with Gasteiger partial charge in [0.05, 0.1) is 0 Å². The normalized spacial score (nSPS) is 13.3. The Kier molecular flexibility index (Phi) is 3.87. The number of anilines is 2. The molecule has 5 heteroatoms. The molecule has 0 N–H and O–H groups in total. The highest BCUT2D eigenvalue weighted by atomic mass is 32.2. The van der Waals surface area contributed by atoms with Crippen LogP contribution in [0.3, 0.4) is 0 Å². The Morgan fingerprint density at radius 2 is 1.62 bits per heavy atom. The zero-order valence-electron chi connectivity index (χ0n) is 14.2. The zero-order valence-corrected chi connectivity index (χ0v) is 15.1. The number of para-hydroxylation sites is 1. The minimum Gasteiger partial charge on any atom is -0.309 e. The molecule has 0 unspecified atom stereocenters. The predicted octanol–water partition coefficient (Wildman–Crippen LogP) is 4.88. The molecule has 5 rings (SSSR count). The van der Waals surface area contributed by atoms with Gasteiger partial charge in [-0.1, -0.05) is 72.4 Å². The number of aromatic nitrogens is 3. The fraction of sp³-hybridized carbons (Fsp3) is 0.143. The Bertz CT molecular complexity index is 1050. The molecule has 0 bridgehead atoms. The summed E-state index contributed by atoms with van der Waals surface area (Å²) in [6.45, 7) is 1.87. The van der Waals surface area contributed by atoms with Crippen LogP contribution in [0.15, 0.2) is 78.0 Å². The second-order valence-electron chi connectivity index (χ2n) is 6.35. The Labute approximate surface area is 156 Å². The predicted molar refractivity (Wildman–Crippen MR) is 107 cm³/mol. The topological polar surface area (TPSA) is 34.0 Å². The Balaban J connectivity index is 1.40. The Morgan fingerprint density at radius 3 is 2.54 bits per heavy atom. The maximum Gasteiger partial charge on any atom is 0.232 e. The van der Waals surface area contributed by atoms with Crippen molar-refractivity contribution < 1.29 is 0 Å². The van der Waals surface area contributed by atoms with Gasteiger partial charge in [-0.05, 0) is 28.5 Å². The summed E-state index contributed by atoms with van der Waals surface area (Å²) in [5.41, 5.74) is 2.51. The van der Waals surface area contributed by atoms with E-state index in [0.717, 1.165) is 29.9 Å². The molecular weight excluding hydrogens is 340 g/mol. The van der Waals surface area contributed by atoms with E-state index in [1.165, 1.54) is 22.0 Å². The summed E-state index contributed by atoms with van der Waals surface area (Å²) in [5, 5.41) is 12.5. The van der Waals surface area contributed by atoms with Gasteiger partial charge in [-0.15, -0.1) is 10.2 Å². The summed E-state index contributed by atoms with van der Waals surface area (Å²) >= 11 is 1.76. The third-order valence-corrected chi connectivity index (χ3v) is 5.81. The van der Waals surface area contributed by atoms with Gasteiger partial charge in [0.2, 0.25) is 5.95 Å². The minimum absolute atomic E-state index is 0.894. The van der Waals surface area contributed by atoms with E-state index in [2.05, 4.69) is 86.4 Å². The van der Waals surface area contributed by atoms with E-state index < -0.39 is 0 Å². The average molecular weight is 358 g/mol. The molecule has 0 aliphatic carbocycles. The van der Waals surface area contributed by atoms with E-state index in [1.807, 2.05) is 6.07 Å². The quantitative estimate of drug-likeness (QED) is 0.487. The number of nitrogens with zero attached hydrogens (tertiary/aromatic N) is 4. The highest BCUT2D eigenvalue weighted by Gasteiger charge is 2.25. The lowest BCUT2D eigenvalue weighted by atomic mass is 10.1.